The molecule has 1 aromatic carbocycles. The molecule has 4 aromatic rings. The SMILES string of the molecule is Brc1cccc(-c2cc3cc4nc(cc5ccc(cc6nc(cc2[nH]3)C=C6)[nH]5)C=C4)c1Br. The number of benzene rings is 1. The van der Waals surface area contributed by atoms with E-state index < -0.39 is 0 Å². The van der Waals surface area contributed by atoms with Gasteiger partial charge in [0.15, 0.2) is 0 Å². The zero-order chi connectivity index (χ0) is 21.7. The first-order chi connectivity index (χ1) is 15.6. The molecule has 2 N–H and O–H groups in total. The molecule has 0 fully saturated rings. The van der Waals surface area contributed by atoms with E-state index in [-0.39, 0.29) is 0 Å². The summed E-state index contributed by atoms with van der Waals surface area (Å²) in [6.45, 7) is 0. The summed E-state index contributed by atoms with van der Waals surface area (Å²) in [4.78, 5) is 16.5. The van der Waals surface area contributed by atoms with Crippen molar-refractivity contribution in [3.05, 3.63) is 92.4 Å². The first-order valence-electron chi connectivity index (χ1n) is 10.1. The molecular weight excluding hydrogens is 528 g/mol. The van der Waals surface area contributed by atoms with Crippen molar-refractivity contribution >= 4 is 78.2 Å². The molecule has 32 heavy (non-hydrogen) atoms. The Morgan fingerprint density at radius 2 is 1.16 bits per heavy atom. The van der Waals surface area contributed by atoms with Gasteiger partial charge >= 0.3 is 0 Å². The van der Waals surface area contributed by atoms with Crippen LogP contribution in [0.25, 0.3) is 57.5 Å². The normalized spacial score (nSPS) is 12.4. The van der Waals surface area contributed by atoms with Gasteiger partial charge in [-0.25, -0.2) is 9.97 Å². The van der Waals surface area contributed by atoms with Crippen molar-refractivity contribution in [2.45, 2.75) is 0 Å². The number of nitrogens with zero attached hydrogens (tertiary/aromatic N) is 2. The van der Waals surface area contributed by atoms with Crippen molar-refractivity contribution in [1.82, 2.24) is 19.9 Å². The number of hydrogen-bond donors (Lipinski definition) is 2. The predicted octanol–water partition coefficient (Wildman–Crippen LogP) is 7.85. The second-order valence-corrected chi connectivity index (χ2v) is 9.34. The van der Waals surface area contributed by atoms with Gasteiger partial charge in [0.05, 0.1) is 22.8 Å². The maximum absolute atomic E-state index is 4.79. The molecule has 0 saturated heterocycles. The summed E-state index contributed by atoms with van der Waals surface area (Å²) < 4.78 is 2.03. The Labute approximate surface area is 201 Å². The quantitative estimate of drug-likeness (QED) is 0.222. The molecule has 8 bridgehead atoms. The maximum atomic E-state index is 4.79. The molecule has 154 valence electrons. The van der Waals surface area contributed by atoms with E-state index >= 15 is 0 Å². The summed E-state index contributed by atoms with van der Waals surface area (Å²) in [5.74, 6) is 0. The molecule has 2 aliphatic rings. The topological polar surface area (TPSA) is 57.4 Å². The average molecular weight is 544 g/mol. The van der Waals surface area contributed by atoms with Crippen LogP contribution < -0.4 is 0 Å². The van der Waals surface area contributed by atoms with E-state index in [0.29, 0.717) is 0 Å². The van der Waals surface area contributed by atoms with Gasteiger partial charge in [0.1, 0.15) is 0 Å². The van der Waals surface area contributed by atoms with Gasteiger partial charge in [-0.2, -0.15) is 0 Å². The van der Waals surface area contributed by atoms with Crippen LogP contribution >= 0.6 is 31.9 Å². The fraction of sp³-hybridized carbons (Fsp3) is 0. The molecule has 6 rings (SSSR count). The summed E-state index contributed by atoms with van der Waals surface area (Å²) in [6.07, 6.45) is 8.13. The molecule has 0 unspecified atom stereocenters. The first kappa shape index (κ1) is 19.5. The van der Waals surface area contributed by atoms with Gasteiger partial charge in [-0.05, 0) is 110 Å². The van der Waals surface area contributed by atoms with E-state index in [9.17, 15) is 0 Å². The molecule has 2 aliphatic heterocycles. The molecule has 6 heteroatoms. The Balaban J connectivity index is 1.69. The molecule has 3 aromatic heterocycles. The lowest BCUT2D eigenvalue weighted by Crippen LogP contribution is -1.80. The highest BCUT2D eigenvalue weighted by atomic mass is 79.9. The Morgan fingerprint density at radius 3 is 1.81 bits per heavy atom. The lowest BCUT2D eigenvalue weighted by molar-refractivity contribution is 1.31. The van der Waals surface area contributed by atoms with Crippen molar-refractivity contribution in [1.29, 1.82) is 0 Å². The van der Waals surface area contributed by atoms with Crippen LogP contribution in [0.1, 0.15) is 22.8 Å². The van der Waals surface area contributed by atoms with Gasteiger partial charge in [-0.15, -0.1) is 0 Å². The van der Waals surface area contributed by atoms with Gasteiger partial charge < -0.3 is 9.97 Å². The zero-order valence-corrected chi connectivity index (χ0v) is 19.9. The van der Waals surface area contributed by atoms with E-state index in [1.54, 1.807) is 0 Å². The van der Waals surface area contributed by atoms with Crippen molar-refractivity contribution < 1.29 is 0 Å². The molecule has 0 atom stereocenters. The largest absolute Gasteiger partial charge is 0.355 e. The standard InChI is InChI=1S/C26H16Br2N4/c27-24-3-1-2-22(26(24)28)23-13-21-12-19-7-6-17(30-19)10-15-4-5-16(29-15)11-18-8-9-20(31-18)14-25(23)32-21/h1-14,29,32H. The highest BCUT2D eigenvalue weighted by Crippen LogP contribution is 2.37. The summed E-state index contributed by atoms with van der Waals surface area (Å²) in [6, 6.07) is 20.7. The third-order valence-electron chi connectivity index (χ3n) is 5.41. The van der Waals surface area contributed by atoms with Crippen LogP contribution in [-0.4, -0.2) is 19.9 Å². The zero-order valence-electron chi connectivity index (χ0n) is 16.7. The third-order valence-corrected chi connectivity index (χ3v) is 7.46. The molecular formula is C26H16Br2N4. The highest BCUT2D eigenvalue weighted by Gasteiger charge is 2.11. The van der Waals surface area contributed by atoms with Crippen LogP contribution in [0.4, 0.5) is 0 Å². The van der Waals surface area contributed by atoms with Crippen molar-refractivity contribution in [3.8, 4) is 11.1 Å². The van der Waals surface area contributed by atoms with E-state index in [1.165, 1.54) is 0 Å². The number of rotatable bonds is 1. The number of nitrogens with one attached hydrogen (secondary N) is 2. The molecule has 0 saturated carbocycles. The predicted molar refractivity (Wildman–Crippen MR) is 140 cm³/mol. The number of aromatic nitrogens is 4. The summed E-state index contributed by atoms with van der Waals surface area (Å²) in [5, 5.41) is 0. The minimum atomic E-state index is 0.899. The second kappa shape index (κ2) is 7.73. The Kier molecular flexibility index (Phi) is 4.70. The smallest absolute Gasteiger partial charge is 0.0658 e. The van der Waals surface area contributed by atoms with E-state index in [4.69, 9.17) is 9.97 Å². The average Bonchev–Trinajstić information content (AvgIpc) is 3.55. The Hall–Kier alpha value is -3.22. The molecule has 0 amide bonds. The van der Waals surface area contributed by atoms with Crippen LogP contribution in [0.3, 0.4) is 0 Å². The number of fused-ring (bicyclic) bond motifs is 8. The number of H-pyrrole nitrogens is 2. The van der Waals surface area contributed by atoms with Crippen LogP contribution in [0.15, 0.2) is 69.6 Å². The number of halogens is 2. The number of aromatic amines is 2. The van der Waals surface area contributed by atoms with Crippen LogP contribution in [0.2, 0.25) is 0 Å². The summed E-state index contributed by atoms with van der Waals surface area (Å²) in [5.41, 5.74) is 9.81. The fourth-order valence-corrected chi connectivity index (χ4v) is 4.80. The van der Waals surface area contributed by atoms with Gasteiger partial charge in [-0.3, -0.25) is 0 Å². The molecule has 0 spiro atoms. The third kappa shape index (κ3) is 3.66. The van der Waals surface area contributed by atoms with Crippen LogP contribution in [0, 0.1) is 0 Å². The maximum Gasteiger partial charge on any atom is 0.0658 e. The van der Waals surface area contributed by atoms with Gasteiger partial charge in [0, 0.05) is 36.6 Å². The van der Waals surface area contributed by atoms with Gasteiger partial charge in [-0.1, -0.05) is 12.1 Å². The van der Waals surface area contributed by atoms with Crippen LogP contribution in [-0.2, 0) is 0 Å². The Bertz CT molecular complexity index is 1610. The van der Waals surface area contributed by atoms with Crippen molar-refractivity contribution in [2.75, 3.05) is 0 Å². The van der Waals surface area contributed by atoms with E-state index in [0.717, 1.165) is 64.9 Å². The first-order valence-corrected chi connectivity index (χ1v) is 11.7. The minimum absolute atomic E-state index is 0.899. The van der Waals surface area contributed by atoms with E-state index in [1.807, 2.05) is 48.6 Å². The van der Waals surface area contributed by atoms with Gasteiger partial charge in [0.2, 0.25) is 0 Å². The summed E-state index contributed by atoms with van der Waals surface area (Å²) >= 11 is 7.36. The molecule has 4 nitrogen and oxygen atoms in total. The van der Waals surface area contributed by atoms with Crippen LogP contribution in [0.5, 0.6) is 0 Å². The fourth-order valence-electron chi connectivity index (χ4n) is 3.95. The molecule has 5 heterocycles. The monoisotopic (exact) mass is 542 g/mol. The number of hydrogen-bond acceptors (Lipinski definition) is 2. The van der Waals surface area contributed by atoms with E-state index in [2.05, 4.69) is 78.2 Å². The Morgan fingerprint density at radius 1 is 0.562 bits per heavy atom. The minimum Gasteiger partial charge on any atom is -0.355 e. The van der Waals surface area contributed by atoms with Crippen molar-refractivity contribution in [2.24, 2.45) is 0 Å². The second-order valence-electron chi connectivity index (χ2n) is 7.69. The van der Waals surface area contributed by atoms with Gasteiger partial charge in [0.25, 0.3) is 0 Å². The lowest BCUT2D eigenvalue weighted by atomic mass is 10.1. The lowest BCUT2D eigenvalue weighted by Gasteiger charge is -2.04. The molecule has 0 radical (unpaired) electrons. The summed E-state index contributed by atoms with van der Waals surface area (Å²) in [7, 11) is 0. The highest BCUT2D eigenvalue weighted by molar-refractivity contribution is 9.13. The molecule has 0 aliphatic carbocycles. The van der Waals surface area contributed by atoms with Crippen molar-refractivity contribution in [3.63, 3.8) is 0 Å².